The molecule has 4 rings (SSSR count). The number of piperidine rings is 1. The number of rotatable bonds is 9. The van der Waals surface area contributed by atoms with Crippen molar-refractivity contribution in [1.82, 2.24) is 4.90 Å². The lowest BCUT2D eigenvalue weighted by molar-refractivity contribution is -0.265. The van der Waals surface area contributed by atoms with Crippen molar-refractivity contribution in [3.05, 3.63) is 47.6 Å². The largest absolute Gasteiger partial charge is 0.460 e. The molecular formula is C54H86NO14P. The second kappa shape index (κ2) is 27.2. The number of carbonyl (C=O) groups excluding carboxylic acids is 5. The molecule has 0 aromatic rings. The molecule has 0 aromatic heterocycles. The van der Waals surface area contributed by atoms with Crippen LogP contribution in [0.1, 0.15) is 132 Å². The smallest absolute Gasteiger partial charge is 0.329 e. The highest BCUT2D eigenvalue weighted by Crippen LogP contribution is 2.47. The zero-order chi connectivity index (χ0) is 52.1. The minimum atomic E-state index is -2.80. The number of allylic oxidation sites excluding steroid dienone is 6. The average Bonchev–Trinajstić information content (AvgIpc) is 3.33. The summed E-state index contributed by atoms with van der Waals surface area (Å²) in [4.78, 5) is 72.3. The number of hydrogen-bond donors (Lipinski definition) is 2. The quantitative estimate of drug-likeness (QED) is 0.0970. The van der Waals surface area contributed by atoms with E-state index in [-0.39, 0.29) is 60.9 Å². The maximum Gasteiger partial charge on any atom is 0.329 e. The molecule has 2 bridgehead atoms. The van der Waals surface area contributed by atoms with Gasteiger partial charge in [-0.2, -0.15) is 0 Å². The third-order valence-corrected chi connectivity index (χ3v) is 17.3. The van der Waals surface area contributed by atoms with Crippen LogP contribution < -0.4 is 0 Å². The predicted octanol–water partition coefficient (Wildman–Crippen LogP) is 8.13. The summed E-state index contributed by atoms with van der Waals surface area (Å²) in [5, 5.41) is 23.5. The molecular weight excluding hydrogens is 918 g/mol. The van der Waals surface area contributed by atoms with Crippen LogP contribution in [-0.4, -0.2) is 140 Å². The van der Waals surface area contributed by atoms with Crippen molar-refractivity contribution in [2.24, 2.45) is 35.5 Å². The molecule has 0 radical (unpaired) electrons. The van der Waals surface area contributed by atoms with E-state index in [2.05, 4.69) is 0 Å². The molecule has 3 heterocycles. The van der Waals surface area contributed by atoms with E-state index in [4.69, 9.17) is 28.2 Å². The number of nitrogens with zero attached hydrogens (tertiary/aromatic N) is 1. The molecule has 1 amide bonds. The zero-order valence-electron chi connectivity index (χ0n) is 44.1. The Hall–Kier alpha value is -3.14. The molecule has 4 aliphatic rings. The Bertz CT molecular complexity index is 1960. The molecule has 16 heteroatoms. The fourth-order valence-electron chi connectivity index (χ4n) is 10.6. The van der Waals surface area contributed by atoms with Gasteiger partial charge >= 0.3 is 5.97 Å². The van der Waals surface area contributed by atoms with Gasteiger partial charge in [-0.1, -0.05) is 78.0 Å². The second-order valence-corrected chi connectivity index (χ2v) is 23.9. The van der Waals surface area contributed by atoms with Gasteiger partial charge in [0.2, 0.25) is 5.79 Å². The number of amides is 1. The molecule has 2 N–H and O–H groups in total. The summed E-state index contributed by atoms with van der Waals surface area (Å²) in [5.41, 5.74) is 1.26. The van der Waals surface area contributed by atoms with Crippen molar-refractivity contribution in [2.75, 3.05) is 40.7 Å². The minimum absolute atomic E-state index is 0.0114. The van der Waals surface area contributed by atoms with E-state index in [0.717, 1.165) is 12.0 Å². The monoisotopic (exact) mass is 1000 g/mol. The Morgan fingerprint density at radius 1 is 0.871 bits per heavy atom. The van der Waals surface area contributed by atoms with Crippen LogP contribution >= 0.6 is 7.37 Å². The van der Waals surface area contributed by atoms with Gasteiger partial charge in [-0.15, -0.1) is 0 Å². The minimum Gasteiger partial charge on any atom is -0.460 e. The first-order valence-electron chi connectivity index (χ1n) is 25.7. The Labute approximate surface area is 418 Å². The molecule has 396 valence electrons. The summed E-state index contributed by atoms with van der Waals surface area (Å²) in [6, 6.07) is -1.16. The van der Waals surface area contributed by atoms with Crippen molar-refractivity contribution in [2.45, 2.75) is 187 Å². The van der Waals surface area contributed by atoms with Crippen LogP contribution in [0.3, 0.4) is 0 Å². The summed E-state index contributed by atoms with van der Waals surface area (Å²) < 4.78 is 48.8. The number of carbonyl (C=O) groups is 5. The van der Waals surface area contributed by atoms with E-state index in [1.54, 1.807) is 47.7 Å². The number of ketones is 3. The third-order valence-electron chi connectivity index (χ3n) is 15.4. The van der Waals surface area contributed by atoms with Crippen LogP contribution in [0.15, 0.2) is 47.6 Å². The number of methoxy groups -OCH3 is 3. The number of aliphatic hydroxyl groups excluding tert-OH is 1. The molecule has 1 saturated carbocycles. The van der Waals surface area contributed by atoms with E-state index in [9.17, 15) is 38.8 Å². The fourth-order valence-corrected chi connectivity index (χ4v) is 11.5. The average molecular weight is 1000 g/mol. The van der Waals surface area contributed by atoms with E-state index >= 15 is 0 Å². The normalized spacial score (nSPS) is 39.3. The van der Waals surface area contributed by atoms with Crippen molar-refractivity contribution in [3.63, 3.8) is 0 Å². The second-order valence-electron chi connectivity index (χ2n) is 21.0. The van der Waals surface area contributed by atoms with Gasteiger partial charge in [0.25, 0.3) is 11.7 Å². The van der Waals surface area contributed by atoms with Crippen LogP contribution in [-0.2, 0) is 56.7 Å². The van der Waals surface area contributed by atoms with Crippen molar-refractivity contribution in [3.8, 4) is 0 Å². The lowest BCUT2D eigenvalue weighted by Gasteiger charge is -2.42. The molecule has 3 fully saturated rings. The topological polar surface area (TPSA) is 201 Å². The van der Waals surface area contributed by atoms with Crippen LogP contribution in [0.5, 0.6) is 0 Å². The van der Waals surface area contributed by atoms with Crippen molar-refractivity contribution >= 4 is 36.6 Å². The van der Waals surface area contributed by atoms with E-state index in [1.807, 2.05) is 65.0 Å². The van der Waals surface area contributed by atoms with E-state index in [0.29, 0.717) is 69.5 Å². The predicted molar refractivity (Wildman–Crippen MR) is 268 cm³/mol. The van der Waals surface area contributed by atoms with Crippen molar-refractivity contribution in [1.29, 1.82) is 0 Å². The molecule has 70 heavy (non-hydrogen) atoms. The van der Waals surface area contributed by atoms with Gasteiger partial charge in [0.05, 0.1) is 24.4 Å². The molecule has 16 atom stereocenters. The number of fused-ring (bicyclic) bond motifs is 3. The van der Waals surface area contributed by atoms with Gasteiger partial charge in [0, 0.05) is 71.3 Å². The number of hydrogen-bond acceptors (Lipinski definition) is 14. The lowest BCUT2D eigenvalue weighted by Crippen LogP contribution is -2.61. The number of Topliss-reactive ketones (excluding diaryl/α,β-unsaturated/α-hetero) is 3. The van der Waals surface area contributed by atoms with Gasteiger partial charge < -0.3 is 43.3 Å². The Balaban J connectivity index is 1.70. The maximum atomic E-state index is 14.5. The molecule has 3 aliphatic heterocycles. The molecule has 0 aromatic carbocycles. The van der Waals surface area contributed by atoms with Crippen molar-refractivity contribution < 1.29 is 67.0 Å². The lowest BCUT2D eigenvalue weighted by atomic mass is 9.78. The highest BCUT2D eigenvalue weighted by atomic mass is 31.2. The standard InChI is InChI=1S/C54H86NO14P/c1-13-70(12,63)69-44-25-23-40(30-47(44)65-10)29-36(5)46-32-43(56)35(4)28-38(7)49(58)50(66-11)48(57)37(6)27-33(2)19-15-14-16-20-34(3)45(64-9)31-41-24-22-39(8)54(62,68-41)51(59)52(60)55-26-18-17-21-42(55)53(61)67-46/h14-16,19-20,28,33,35-37,39-42,44-47,49-50,58,62H,13,17-18,21-27,29-32H2,1-12H3/b16-14+,19-15+,34-20+,38-28+/t33-,35-,36-,37-,39-,40+,41+,42+,44-,45+,46+,47-,49-,50+,54-,70?/m1/s1. The molecule has 0 spiro atoms. The molecule has 15 nitrogen and oxygen atoms in total. The van der Waals surface area contributed by atoms with Gasteiger partial charge in [-0.25, -0.2) is 4.79 Å². The summed E-state index contributed by atoms with van der Waals surface area (Å²) >= 11 is 0. The maximum absolute atomic E-state index is 14.5. The van der Waals surface area contributed by atoms with Gasteiger partial charge in [0.15, 0.2) is 13.2 Å². The first-order chi connectivity index (χ1) is 33.0. The Morgan fingerprint density at radius 3 is 2.24 bits per heavy atom. The fraction of sp³-hybridized carbons (Fsp3) is 0.759. The van der Waals surface area contributed by atoms with Crippen LogP contribution in [0.2, 0.25) is 0 Å². The van der Waals surface area contributed by atoms with Gasteiger partial charge in [-0.05, 0) is 107 Å². The Kier molecular flexibility index (Phi) is 23.1. The van der Waals surface area contributed by atoms with Gasteiger partial charge in [0.1, 0.15) is 30.1 Å². The number of cyclic esters (lactones) is 1. The van der Waals surface area contributed by atoms with E-state index < -0.39 is 85.1 Å². The number of ether oxygens (including phenoxy) is 5. The highest BCUT2D eigenvalue weighted by Gasteiger charge is 2.53. The van der Waals surface area contributed by atoms with Crippen LogP contribution in [0, 0.1) is 35.5 Å². The SMILES string of the molecule is CCP(C)(=O)O[C@@H]1CC[C@@H](C[C@@H](C)[C@@H]2CC(=O)[C@H](C)/C=C(\C)[C@@H](O)[C@@H](OC)C(=O)[C@H](C)C[C@H](C)/C=C/C=C/C=C(\C)[C@@H](OC)C[C@@H]3CC[C@@H](C)[C@@](O)(O3)C(=O)C(=O)N3CCCC[C@H]3C(=O)O2)C[C@H]1OC. The van der Waals surface area contributed by atoms with Crippen LogP contribution in [0.25, 0.3) is 0 Å². The van der Waals surface area contributed by atoms with Crippen LogP contribution in [0.4, 0.5) is 0 Å². The number of aliphatic hydroxyl groups is 2. The van der Waals surface area contributed by atoms with E-state index in [1.165, 1.54) is 12.0 Å². The van der Waals surface area contributed by atoms with Gasteiger partial charge in [-0.3, -0.25) is 23.7 Å². The summed E-state index contributed by atoms with van der Waals surface area (Å²) in [6.07, 6.45) is 11.8. The Morgan fingerprint density at radius 2 is 1.59 bits per heavy atom. The highest BCUT2D eigenvalue weighted by molar-refractivity contribution is 7.58. The summed E-state index contributed by atoms with van der Waals surface area (Å²) in [7, 11) is 1.76. The first kappa shape index (κ1) is 59.4. The molecule has 1 unspecified atom stereocenters. The third kappa shape index (κ3) is 15.9. The molecule has 2 saturated heterocycles. The summed E-state index contributed by atoms with van der Waals surface area (Å²) in [5.74, 6) is -8.11. The zero-order valence-corrected chi connectivity index (χ0v) is 45.0. The number of esters is 1. The first-order valence-corrected chi connectivity index (χ1v) is 28.0. The summed E-state index contributed by atoms with van der Waals surface area (Å²) in [6.45, 7) is 16.2. The molecule has 1 aliphatic carbocycles.